The monoisotopic (exact) mass is 191 g/mol. The average molecular weight is 191 g/mol. The number of aliphatic hydroxyl groups excluding tert-OH is 2. The van der Waals surface area contributed by atoms with Crippen molar-refractivity contribution in [2.45, 2.75) is 31.9 Å². The van der Waals surface area contributed by atoms with Gasteiger partial charge in [0, 0.05) is 7.11 Å². The van der Waals surface area contributed by atoms with Crippen molar-refractivity contribution in [3.63, 3.8) is 0 Å². The highest BCUT2D eigenvalue weighted by Gasteiger charge is 2.16. The van der Waals surface area contributed by atoms with Crippen molar-refractivity contribution in [3.05, 3.63) is 0 Å². The second-order valence-corrected chi connectivity index (χ2v) is 3.73. The molecule has 0 amide bonds. The third kappa shape index (κ3) is 5.99. The second-order valence-electron chi connectivity index (χ2n) is 3.73. The lowest BCUT2D eigenvalue weighted by Crippen LogP contribution is -2.39. The van der Waals surface area contributed by atoms with E-state index in [9.17, 15) is 0 Å². The van der Waals surface area contributed by atoms with Crippen molar-refractivity contribution >= 4 is 0 Å². The van der Waals surface area contributed by atoms with Gasteiger partial charge in [0.05, 0.1) is 24.9 Å². The Balaban J connectivity index is 3.54. The van der Waals surface area contributed by atoms with Crippen molar-refractivity contribution < 1.29 is 14.9 Å². The Kier molecular flexibility index (Phi) is 6.24. The quantitative estimate of drug-likeness (QED) is 0.519. The fraction of sp³-hybridized carbons (Fsp3) is 1.00. The molecule has 0 aromatic rings. The minimum atomic E-state index is -0.215. The molecule has 3 N–H and O–H groups in total. The van der Waals surface area contributed by atoms with Crippen LogP contribution in [0, 0.1) is 0 Å². The van der Waals surface area contributed by atoms with Crippen LogP contribution in [0.3, 0.4) is 0 Å². The molecule has 0 heterocycles. The molecule has 0 aliphatic carbocycles. The Bertz CT molecular complexity index is 124. The molecule has 0 bridgehead atoms. The van der Waals surface area contributed by atoms with Crippen molar-refractivity contribution in [2.75, 3.05) is 26.9 Å². The summed E-state index contributed by atoms with van der Waals surface area (Å²) in [4.78, 5) is 0. The second kappa shape index (κ2) is 6.32. The van der Waals surface area contributed by atoms with Gasteiger partial charge < -0.3 is 20.3 Å². The van der Waals surface area contributed by atoms with Gasteiger partial charge in [-0.3, -0.25) is 0 Å². The van der Waals surface area contributed by atoms with Crippen LogP contribution in [0.2, 0.25) is 0 Å². The van der Waals surface area contributed by atoms with Gasteiger partial charge in [-0.25, -0.2) is 0 Å². The zero-order valence-electron chi connectivity index (χ0n) is 8.71. The molecule has 0 atom stereocenters. The third-order valence-electron chi connectivity index (χ3n) is 2.15. The molecule has 0 radical (unpaired) electrons. The summed E-state index contributed by atoms with van der Waals surface area (Å²) in [6.07, 6.45) is 0.847. The third-order valence-corrected chi connectivity index (χ3v) is 2.15. The fourth-order valence-electron chi connectivity index (χ4n) is 0.866. The average Bonchev–Trinajstić information content (AvgIpc) is 2.12. The van der Waals surface area contributed by atoms with Crippen molar-refractivity contribution in [1.29, 1.82) is 0 Å². The Morgan fingerprint density at radius 2 is 1.85 bits per heavy atom. The summed E-state index contributed by atoms with van der Waals surface area (Å²) >= 11 is 0. The van der Waals surface area contributed by atoms with Crippen molar-refractivity contribution in [1.82, 2.24) is 5.32 Å². The van der Waals surface area contributed by atoms with Gasteiger partial charge in [0.1, 0.15) is 0 Å². The number of ether oxygens (including phenoxy) is 1. The maximum absolute atomic E-state index is 8.76. The highest BCUT2D eigenvalue weighted by Crippen LogP contribution is 2.11. The van der Waals surface area contributed by atoms with E-state index in [2.05, 4.69) is 5.32 Å². The predicted molar refractivity (Wildman–Crippen MR) is 51.7 cm³/mol. The molecule has 0 aromatic carbocycles. The molecule has 80 valence electrons. The number of rotatable bonds is 7. The number of aliphatic hydroxyl groups is 2. The van der Waals surface area contributed by atoms with Crippen LogP contribution in [-0.2, 0) is 4.74 Å². The molecule has 0 aromatic heterocycles. The van der Waals surface area contributed by atoms with E-state index in [-0.39, 0.29) is 24.9 Å². The van der Waals surface area contributed by atoms with Crippen LogP contribution in [0.1, 0.15) is 20.3 Å². The van der Waals surface area contributed by atoms with Crippen molar-refractivity contribution in [3.8, 4) is 0 Å². The first-order valence-electron chi connectivity index (χ1n) is 4.56. The normalized spacial score (nSPS) is 12.5. The van der Waals surface area contributed by atoms with Crippen LogP contribution in [0.4, 0.5) is 0 Å². The van der Waals surface area contributed by atoms with E-state index < -0.39 is 0 Å². The number of hydrogen-bond donors (Lipinski definition) is 3. The zero-order valence-corrected chi connectivity index (χ0v) is 8.71. The molecular formula is C9H21NO3. The summed E-state index contributed by atoms with van der Waals surface area (Å²) in [5.74, 6) is 0. The van der Waals surface area contributed by atoms with E-state index >= 15 is 0 Å². The lowest BCUT2D eigenvalue weighted by Gasteiger charge is -2.24. The molecular weight excluding hydrogens is 170 g/mol. The van der Waals surface area contributed by atoms with E-state index in [1.807, 2.05) is 13.8 Å². The van der Waals surface area contributed by atoms with E-state index in [0.29, 0.717) is 0 Å². The Hall–Kier alpha value is -0.160. The number of nitrogens with one attached hydrogen (secondary N) is 1. The Morgan fingerprint density at radius 1 is 1.31 bits per heavy atom. The summed E-state index contributed by atoms with van der Waals surface area (Å²) in [5, 5.41) is 20.5. The smallest absolute Gasteiger partial charge is 0.0634 e. The van der Waals surface area contributed by atoms with Gasteiger partial charge in [0.15, 0.2) is 0 Å². The summed E-state index contributed by atoms with van der Waals surface area (Å²) in [6, 6.07) is -0.215. The van der Waals surface area contributed by atoms with Crippen LogP contribution >= 0.6 is 0 Å². The standard InChI is InChI=1S/C9H21NO3/c1-9(2,13-3)4-5-10-8(6-11)7-12/h8,10-12H,4-7H2,1-3H3. The molecule has 0 aliphatic heterocycles. The summed E-state index contributed by atoms with van der Waals surface area (Å²) in [5.41, 5.74) is -0.150. The van der Waals surface area contributed by atoms with Gasteiger partial charge in [0.25, 0.3) is 0 Å². The molecule has 0 unspecified atom stereocenters. The number of hydrogen-bond acceptors (Lipinski definition) is 4. The van der Waals surface area contributed by atoms with Gasteiger partial charge in [-0.15, -0.1) is 0 Å². The van der Waals surface area contributed by atoms with Gasteiger partial charge in [-0.1, -0.05) is 0 Å². The number of methoxy groups -OCH3 is 1. The molecule has 0 saturated heterocycles. The Labute approximate surface area is 79.9 Å². The summed E-state index contributed by atoms with van der Waals surface area (Å²) in [6.45, 7) is 4.66. The lowest BCUT2D eigenvalue weighted by atomic mass is 10.1. The molecule has 13 heavy (non-hydrogen) atoms. The SMILES string of the molecule is COC(C)(C)CCNC(CO)CO. The first-order chi connectivity index (χ1) is 6.05. The Morgan fingerprint density at radius 3 is 2.23 bits per heavy atom. The maximum Gasteiger partial charge on any atom is 0.0634 e. The van der Waals surface area contributed by atoms with Crippen LogP contribution in [0.25, 0.3) is 0 Å². The van der Waals surface area contributed by atoms with E-state index in [0.717, 1.165) is 13.0 Å². The molecule has 0 fully saturated rings. The molecule has 0 spiro atoms. The summed E-state index contributed by atoms with van der Waals surface area (Å²) < 4.78 is 5.22. The van der Waals surface area contributed by atoms with E-state index in [1.165, 1.54) is 0 Å². The zero-order chi connectivity index (χ0) is 10.3. The maximum atomic E-state index is 8.76. The molecule has 0 aliphatic rings. The fourth-order valence-corrected chi connectivity index (χ4v) is 0.866. The predicted octanol–water partition coefficient (Wildman–Crippen LogP) is -0.256. The largest absolute Gasteiger partial charge is 0.395 e. The van der Waals surface area contributed by atoms with Gasteiger partial charge >= 0.3 is 0 Å². The highest BCUT2D eigenvalue weighted by atomic mass is 16.5. The van der Waals surface area contributed by atoms with Crippen molar-refractivity contribution in [2.24, 2.45) is 0 Å². The molecule has 0 rings (SSSR count). The molecule has 4 heteroatoms. The van der Waals surface area contributed by atoms with Crippen LogP contribution in [0.15, 0.2) is 0 Å². The minimum Gasteiger partial charge on any atom is -0.395 e. The lowest BCUT2D eigenvalue weighted by molar-refractivity contribution is 0.0143. The highest BCUT2D eigenvalue weighted by molar-refractivity contribution is 4.71. The van der Waals surface area contributed by atoms with Crippen LogP contribution < -0.4 is 5.32 Å². The molecule has 4 nitrogen and oxygen atoms in total. The van der Waals surface area contributed by atoms with Gasteiger partial charge in [-0.2, -0.15) is 0 Å². The van der Waals surface area contributed by atoms with E-state index in [4.69, 9.17) is 14.9 Å². The first-order valence-corrected chi connectivity index (χ1v) is 4.56. The van der Waals surface area contributed by atoms with Gasteiger partial charge in [0.2, 0.25) is 0 Å². The van der Waals surface area contributed by atoms with Crippen LogP contribution in [-0.4, -0.2) is 48.7 Å². The topological polar surface area (TPSA) is 61.7 Å². The summed E-state index contributed by atoms with van der Waals surface area (Å²) in [7, 11) is 1.68. The first kappa shape index (κ1) is 12.8. The minimum absolute atomic E-state index is 0.0378. The molecule has 0 saturated carbocycles. The van der Waals surface area contributed by atoms with Gasteiger partial charge in [-0.05, 0) is 26.8 Å². The van der Waals surface area contributed by atoms with Crippen LogP contribution in [0.5, 0.6) is 0 Å². The van der Waals surface area contributed by atoms with E-state index in [1.54, 1.807) is 7.11 Å².